The molecule has 1 aliphatic rings. The molecule has 2 rings (SSSR count). The monoisotopic (exact) mass is 276 g/mol. The Bertz CT molecular complexity index is 481. The van der Waals surface area contributed by atoms with Crippen molar-refractivity contribution >= 4 is 17.3 Å². The van der Waals surface area contributed by atoms with Crippen molar-refractivity contribution in [3.63, 3.8) is 0 Å². The summed E-state index contributed by atoms with van der Waals surface area (Å²) in [6.07, 6.45) is 2.23. The first-order valence-corrected chi connectivity index (χ1v) is 7.18. The SMILES string of the molecule is CCN1CCC(N(C)c2cccc(C(N)=O)c2N)CC1. The van der Waals surface area contributed by atoms with Crippen molar-refractivity contribution < 1.29 is 4.79 Å². The van der Waals surface area contributed by atoms with Gasteiger partial charge in [-0.3, -0.25) is 4.79 Å². The molecule has 0 saturated carbocycles. The molecule has 1 aliphatic heterocycles. The average Bonchev–Trinajstić information content (AvgIpc) is 2.46. The Labute approximate surface area is 120 Å². The molecule has 1 saturated heterocycles. The summed E-state index contributed by atoms with van der Waals surface area (Å²) in [5.74, 6) is -0.474. The number of benzene rings is 1. The largest absolute Gasteiger partial charge is 0.396 e. The van der Waals surface area contributed by atoms with Gasteiger partial charge in [0.1, 0.15) is 0 Å². The van der Waals surface area contributed by atoms with E-state index in [1.807, 2.05) is 19.2 Å². The fourth-order valence-corrected chi connectivity index (χ4v) is 2.89. The van der Waals surface area contributed by atoms with E-state index < -0.39 is 5.91 Å². The molecule has 0 atom stereocenters. The number of amides is 1. The van der Waals surface area contributed by atoms with Crippen LogP contribution in [0.4, 0.5) is 11.4 Å². The molecule has 5 heteroatoms. The van der Waals surface area contributed by atoms with Crippen LogP contribution in [-0.4, -0.2) is 43.5 Å². The van der Waals surface area contributed by atoms with E-state index in [1.165, 1.54) is 0 Å². The lowest BCUT2D eigenvalue weighted by atomic mass is 10.0. The van der Waals surface area contributed by atoms with Crippen LogP contribution in [0.5, 0.6) is 0 Å². The van der Waals surface area contributed by atoms with Crippen molar-refractivity contribution in [1.29, 1.82) is 0 Å². The number of nitrogens with two attached hydrogens (primary N) is 2. The summed E-state index contributed by atoms with van der Waals surface area (Å²) in [7, 11) is 2.04. The number of nitrogens with zero attached hydrogens (tertiary/aromatic N) is 2. The minimum absolute atomic E-state index is 0.403. The standard InChI is InChI=1S/C15H24N4O/c1-3-19-9-7-11(8-10-19)18(2)13-6-4-5-12(14(13)16)15(17)20/h4-6,11H,3,7-10,16H2,1-2H3,(H2,17,20). The highest BCUT2D eigenvalue weighted by molar-refractivity contribution is 6.00. The second kappa shape index (κ2) is 6.13. The zero-order chi connectivity index (χ0) is 14.7. The summed E-state index contributed by atoms with van der Waals surface area (Å²) in [5.41, 5.74) is 13.2. The molecule has 4 N–H and O–H groups in total. The number of rotatable bonds is 4. The number of likely N-dealkylation sites (tertiary alicyclic amines) is 1. The molecular formula is C15H24N4O. The number of carbonyl (C=O) groups excluding carboxylic acids is 1. The van der Waals surface area contributed by atoms with Crippen molar-refractivity contribution in [3.05, 3.63) is 23.8 Å². The van der Waals surface area contributed by atoms with Gasteiger partial charge in [-0.15, -0.1) is 0 Å². The molecule has 1 fully saturated rings. The Balaban J connectivity index is 2.15. The Morgan fingerprint density at radius 2 is 2.05 bits per heavy atom. The number of para-hydroxylation sites is 1. The molecule has 0 unspecified atom stereocenters. The van der Waals surface area contributed by atoms with Crippen molar-refractivity contribution in [2.24, 2.45) is 5.73 Å². The van der Waals surface area contributed by atoms with Crippen LogP contribution in [0.3, 0.4) is 0 Å². The van der Waals surface area contributed by atoms with Gasteiger partial charge in [0.2, 0.25) is 0 Å². The molecule has 1 aromatic rings. The minimum Gasteiger partial charge on any atom is -0.396 e. The molecule has 5 nitrogen and oxygen atoms in total. The molecule has 0 spiro atoms. The van der Waals surface area contributed by atoms with Crippen LogP contribution < -0.4 is 16.4 Å². The summed E-state index contributed by atoms with van der Waals surface area (Å²) >= 11 is 0. The highest BCUT2D eigenvalue weighted by Crippen LogP contribution is 2.29. The quantitative estimate of drug-likeness (QED) is 0.813. The van der Waals surface area contributed by atoms with Crippen LogP contribution in [0.1, 0.15) is 30.1 Å². The van der Waals surface area contributed by atoms with Crippen LogP contribution in [0.15, 0.2) is 18.2 Å². The lowest BCUT2D eigenvalue weighted by Gasteiger charge is -2.38. The third-order valence-electron chi connectivity index (χ3n) is 4.28. The van der Waals surface area contributed by atoms with Crippen LogP contribution in [-0.2, 0) is 0 Å². The van der Waals surface area contributed by atoms with Gasteiger partial charge in [-0.25, -0.2) is 0 Å². The number of piperidine rings is 1. The summed E-state index contributed by atoms with van der Waals surface area (Å²) in [4.78, 5) is 16.0. The van der Waals surface area contributed by atoms with E-state index in [4.69, 9.17) is 11.5 Å². The van der Waals surface area contributed by atoms with Gasteiger partial charge >= 0.3 is 0 Å². The number of hydrogen-bond acceptors (Lipinski definition) is 4. The maximum absolute atomic E-state index is 11.4. The number of nitrogen functional groups attached to an aromatic ring is 1. The Kier molecular flexibility index (Phi) is 4.49. The van der Waals surface area contributed by atoms with Gasteiger partial charge in [-0.05, 0) is 31.5 Å². The van der Waals surface area contributed by atoms with Gasteiger partial charge in [0.05, 0.1) is 16.9 Å². The van der Waals surface area contributed by atoms with E-state index in [0.29, 0.717) is 17.3 Å². The van der Waals surface area contributed by atoms with E-state index >= 15 is 0 Å². The first-order chi connectivity index (χ1) is 9.54. The number of primary amides is 1. The van der Waals surface area contributed by atoms with E-state index in [-0.39, 0.29) is 0 Å². The number of carbonyl (C=O) groups is 1. The van der Waals surface area contributed by atoms with E-state index in [0.717, 1.165) is 38.2 Å². The Morgan fingerprint density at radius 1 is 1.40 bits per heavy atom. The van der Waals surface area contributed by atoms with E-state index in [9.17, 15) is 4.79 Å². The lowest BCUT2D eigenvalue weighted by molar-refractivity contribution is 0.100. The average molecular weight is 276 g/mol. The zero-order valence-corrected chi connectivity index (χ0v) is 12.3. The van der Waals surface area contributed by atoms with Gasteiger partial charge in [0.15, 0.2) is 0 Å². The fourth-order valence-electron chi connectivity index (χ4n) is 2.89. The molecule has 0 bridgehead atoms. The maximum atomic E-state index is 11.4. The van der Waals surface area contributed by atoms with Crippen LogP contribution in [0.25, 0.3) is 0 Å². The molecule has 1 amide bonds. The smallest absolute Gasteiger partial charge is 0.250 e. The van der Waals surface area contributed by atoms with Crippen LogP contribution in [0.2, 0.25) is 0 Å². The molecule has 20 heavy (non-hydrogen) atoms. The topological polar surface area (TPSA) is 75.6 Å². The van der Waals surface area contributed by atoms with Crippen LogP contribution in [0, 0.1) is 0 Å². The third-order valence-corrected chi connectivity index (χ3v) is 4.28. The first kappa shape index (κ1) is 14.7. The highest BCUT2D eigenvalue weighted by Gasteiger charge is 2.23. The van der Waals surface area contributed by atoms with Crippen molar-refractivity contribution in [2.45, 2.75) is 25.8 Å². The Hall–Kier alpha value is -1.75. The van der Waals surface area contributed by atoms with Crippen molar-refractivity contribution in [1.82, 2.24) is 4.90 Å². The molecule has 1 aromatic carbocycles. The van der Waals surface area contributed by atoms with Crippen molar-refractivity contribution in [3.8, 4) is 0 Å². The second-order valence-electron chi connectivity index (χ2n) is 5.38. The summed E-state index contributed by atoms with van der Waals surface area (Å²) < 4.78 is 0. The zero-order valence-electron chi connectivity index (χ0n) is 12.3. The predicted molar refractivity (Wildman–Crippen MR) is 82.9 cm³/mol. The summed E-state index contributed by atoms with van der Waals surface area (Å²) in [6.45, 7) is 5.52. The van der Waals surface area contributed by atoms with E-state index in [2.05, 4.69) is 16.7 Å². The second-order valence-corrected chi connectivity index (χ2v) is 5.38. The lowest BCUT2D eigenvalue weighted by Crippen LogP contribution is -2.43. The highest BCUT2D eigenvalue weighted by atomic mass is 16.1. The van der Waals surface area contributed by atoms with Gasteiger partial charge in [0, 0.05) is 26.2 Å². The summed E-state index contributed by atoms with van der Waals surface area (Å²) in [6, 6.07) is 5.93. The molecular weight excluding hydrogens is 252 g/mol. The van der Waals surface area contributed by atoms with Crippen molar-refractivity contribution in [2.75, 3.05) is 37.3 Å². The summed E-state index contributed by atoms with van der Waals surface area (Å²) in [5, 5.41) is 0. The predicted octanol–water partition coefficient (Wildman–Crippen LogP) is 1.29. The minimum atomic E-state index is -0.474. The first-order valence-electron chi connectivity index (χ1n) is 7.18. The maximum Gasteiger partial charge on any atom is 0.250 e. The molecule has 110 valence electrons. The molecule has 0 aromatic heterocycles. The fraction of sp³-hybridized carbons (Fsp3) is 0.533. The van der Waals surface area contributed by atoms with Gasteiger partial charge in [0.25, 0.3) is 5.91 Å². The normalized spacial score (nSPS) is 17.1. The molecule has 0 radical (unpaired) electrons. The third kappa shape index (κ3) is 2.88. The molecule has 0 aliphatic carbocycles. The van der Waals surface area contributed by atoms with Gasteiger partial charge in [-0.1, -0.05) is 13.0 Å². The molecule has 1 heterocycles. The number of anilines is 2. The van der Waals surface area contributed by atoms with Crippen LogP contribution >= 0.6 is 0 Å². The van der Waals surface area contributed by atoms with Gasteiger partial charge in [-0.2, -0.15) is 0 Å². The van der Waals surface area contributed by atoms with Gasteiger partial charge < -0.3 is 21.3 Å². The number of hydrogen-bond donors (Lipinski definition) is 2. The van der Waals surface area contributed by atoms with E-state index in [1.54, 1.807) is 6.07 Å². The Morgan fingerprint density at radius 3 is 2.60 bits per heavy atom.